The standard InChI is InChI=1S/C30H52O26/c31-1-7-12(37)17(42)21(46)26(48-7)52-22-18(43)13(38)8(2-32)49-27(22)53-23-19(44)14(39)9(3-33)50-28(23)54-24-20(45)15(40)10(4-34)51-29(24)56-30(6-36)25(47)16(41)11(5-35)55-30/h7-29,31-47H,1-6H2/t7-,8-,9-,10-,11-,12-,13-,14-,15-,16-,17+,18+,19+,20+,21-,22-,23-,24-,25+,26-,27-,28-,29-,30+/m1/s1. The second kappa shape index (κ2) is 19.1. The fraction of sp³-hybridized carbons (Fsp3) is 1.00. The maximum atomic E-state index is 11.3. The highest BCUT2D eigenvalue weighted by Crippen LogP contribution is 2.39. The quantitative estimate of drug-likeness (QED) is 0.0773. The van der Waals surface area contributed by atoms with Gasteiger partial charge in [-0.1, -0.05) is 0 Å². The minimum atomic E-state index is -2.60. The summed E-state index contributed by atoms with van der Waals surface area (Å²) in [6.07, 6.45) is -44.6. The van der Waals surface area contributed by atoms with E-state index in [0.717, 1.165) is 0 Å². The van der Waals surface area contributed by atoms with Gasteiger partial charge in [-0.15, -0.1) is 0 Å². The van der Waals surface area contributed by atoms with E-state index in [1.807, 2.05) is 0 Å². The molecule has 0 radical (unpaired) electrons. The Hall–Kier alpha value is -1.04. The third-order valence-electron chi connectivity index (χ3n) is 10.4. The van der Waals surface area contributed by atoms with Crippen LogP contribution in [0.25, 0.3) is 0 Å². The Bertz CT molecular complexity index is 1220. The predicted octanol–water partition coefficient (Wildman–Crippen LogP) is -11.9. The zero-order valence-electron chi connectivity index (χ0n) is 29.3. The third kappa shape index (κ3) is 8.73. The number of hydrogen-bond acceptors (Lipinski definition) is 26. The topological polar surface area (TPSA) is 427 Å². The van der Waals surface area contributed by atoms with Crippen LogP contribution in [0.2, 0.25) is 0 Å². The van der Waals surface area contributed by atoms with Crippen LogP contribution in [-0.4, -0.2) is 273 Å². The van der Waals surface area contributed by atoms with Gasteiger partial charge in [-0.25, -0.2) is 0 Å². The highest BCUT2D eigenvalue weighted by Gasteiger charge is 2.60. The lowest BCUT2D eigenvalue weighted by Gasteiger charge is -2.50. The van der Waals surface area contributed by atoms with Gasteiger partial charge in [-0.3, -0.25) is 0 Å². The van der Waals surface area contributed by atoms with Crippen molar-refractivity contribution in [3.8, 4) is 0 Å². The van der Waals surface area contributed by atoms with Crippen LogP contribution in [0.5, 0.6) is 0 Å². The molecular formula is C30H52O26. The van der Waals surface area contributed by atoms with Crippen LogP contribution in [0, 0.1) is 0 Å². The van der Waals surface area contributed by atoms with Crippen LogP contribution < -0.4 is 0 Å². The van der Waals surface area contributed by atoms with Crippen LogP contribution in [0.3, 0.4) is 0 Å². The van der Waals surface area contributed by atoms with Crippen molar-refractivity contribution < 1.29 is 129 Å². The van der Waals surface area contributed by atoms with Gasteiger partial charge in [-0.2, -0.15) is 0 Å². The van der Waals surface area contributed by atoms with E-state index in [1.165, 1.54) is 0 Å². The summed E-state index contributed by atoms with van der Waals surface area (Å²) in [5.74, 6) is -2.60. The Morgan fingerprint density at radius 2 is 0.696 bits per heavy atom. The van der Waals surface area contributed by atoms with E-state index in [9.17, 15) is 86.8 Å². The van der Waals surface area contributed by atoms with Crippen molar-refractivity contribution in [1.29, 1.82) is 0 Å². The van der Waals surface area contributed by atoms with Crippen molar-refractivity contribution in [3.63, 3.8) is 0 Å². The van der Waals surface area contributed by atoms with Gasteiger partial charge in [0.2, 0.25) is 5.79 Å². The fourth-order valence-corrected chi connectivity index (χ4v) is 7.03. The summed E-state index contributed by atoms with van der Waals surface area (Å²) in [7, 11) is 0. The molecule has 5 fully saturated rings. The van der Waals surface area contributed by atoms with E-state index in [0.29, 0.717) is 0 Å². The summed E-state index contributed by atoms with van der Waals surface area (Å²) in [6.45, 7) is -5.90. The average molecular weight is 829 g/mol. The first-order chi connectivity index (χ1) is 26.5. The molecular weight excluding hydrogens is 776 g/mol. The molecule has 0 aliphatic carbocycles. The summed E-state index contributed by atoms with van der Waals surface area (Å²) in [4.78, 5) is 0. The zero-order valence-corrected chi connectivity index (χ0v) is 29.3. The van der Waals surface area contributed by atoms with Crippen LogP contribution in [-0.2, 0) is 42.6 Å². The Morgan fingerprint density at radius 3 is 1.07 bits per heavy atom. The maximum Gasteiger partial charge on any atom is 0.224 e. The Labute approximate surface area is 316 Å². The molecule has 26 heteroatoms. The SMILES string of the molecule is OC[C@H]1O[C@@](CO)(O[C@H]2O[C@H](CO)[C@@H](O)[C@H](O)[C@H]2O[C@H]2O[C@H](CO)[C@@H](O)[C@H](O)[C@H]2O[C@H]2O[C@H](CO)[C@@H](O)[C@H](O)[C@H]2O[C@H]2O[C@H](CO)[C@@H](O)[C@H](O)[C@H]2O)[C@@H](O)[C@@H]1O. The molecule has 0 aromatic carbocycles. The summed E-state index contributed by atoms with van der Waals surface area (Å²) in [5.41, 5.74) is 0. The fourth-order valence-electron chi connectivity index (χ4n) is 7.03. The van der Waals surface area contributed by atoms with Crippen LogP contribution in [0.1, 0.15) is 0 Å². The summed E-state index contributed by atoms with van der Waals surface area (Å²) < 4.78 is 50.6. The molecule has 5 saturated heterocycles. The van der Waals surface area contributed by atoms with Crippen LogP contribution >= 0.6 is 0 Å². The molecule has 0 aromatic heterocycles. The van der Waals surface area contributed by atoms with Crippen molar-refractivity contribution in [2.75, 3.05) is 39.6 Å². The first-order valence-electron chi connectivity index (χ1n) is 17.6. The van der Waals surface area contributed by atoms with Gasteiger partial charge >= 0.3 is 0 Å². The summed E-state index contributed by atoms with van der Waals surface area (Å²) >= 11 is 0. The molecule has 0 unspecified atom stereocenters. The highest BCUT2D eigenvalue weighted by molar-refractivity contribution is 5.00. The van der Waals surface area contributed by atoms with Crippen molar-refractivity contribution in [1.82, 2.24) is 0 Å². The Kier molecular flexibility index (Phi) is 15.7. The molecule has 5 rings (SSSR count). The van der Waals surface area contributed by atoms with E-state index >= 15 is 0 Å². The van der Waals surface area contributed by atoms with Crippen molar-refractivity contribution >= 4 is 0 Å². The lowest BCUT2D eigenvalue weighted by molar-refractivity contribution is -0.421. The van der Waals surface area contributed by atoms with E-state index in [-0.39, 0.29) is 0 Å². The van der Waals surface area contributed by atoms with Gasteiger partial charge in [0.25, 0.3) is 0 Å². The van der Waals surface area contributed by atoms with Crippen LogP contribution in [0.15, 0.2) is 0 Å². The molecule has 5 heterocycles. The van der Waals surface area contributed by atoms with E-state index in [4.69, 9.17) is 42.6 Å². The minimum Gasteiger partial charge on any atom is -0.394 e. The Morgan fingerprint density at radius 1 is 0.357 bits per heavy atom. The normalized spacial score (nSPS) is 53.0. The van der Waals surface area contributed by atoms with Crippen LogP contribution in [0.4, 0.5) is 0 Å². The molecule has 0 saturated carbocycles. The highest BCUT2D eigenvalue weighted by atomic mass is 16.8. The number of aliphatic hydroxyl groups excluding tert-OH is 17. The van der Waals surface area contributed by atoms with Gasteiger partial charge in [0.1, 0.15) is 123 Å². The predicted molar refractivity (Wildman–Crippen MR) is 167 cm³/mol. The van der Waals surface area contributed by atoms with Crippen molar-refractivity contribution in [2.24, 2.45) is 0 Å². The van der Waals surface area contributed by atoms with Crippen molar-refractivity contribution in [2.45, 2.75) is 147 Å². The van der Waals surface area contributed by atoms with Gasteiger partial charge in [0, 0.05) is 0 Å². The first-order valence-corrected chi connectivity index (χ1v) is 17.6. The van der Waals surface area contributed by atoms with E-state index < -0.39 is 187 Å². The van der Waals surface area contributed by atoms with Crippen molar-refractivity contribution in [3.05, 3.63) is 0 Å². The van der Waals surface area contributed by atoms with E-state index in [1.54, 1.807) is 0 Å². The van der Waals surface area contributed by atoms with Gasteiger partial charge in [0.05, 0.1) is 33.0 Å². The molecule has 0 aromatic rings. The number of rotatable bonds is 14. The number of aliphatic hydroxyl groups is 17. The summed E-state index contributed by atoms with van der Waals surface area (Å²) in [6, 6.07) is 0. The second-order valence-electron chi connectivity index (χ2n) is 14.0. The molecule has 0 bridgehead atoms. The smallest absolute Gasteiger partial charge is 0.224 e. The molecule has 5 aliphatic rings. The van der Waals surface area contributed by atoms with Gasteiger partial charge in [-0.05, 0) is 0 Å². The van der Waals surface area contributed by atoms with E-state index in [2.05, 4.69) is 0 Å². The molecule has 24 atom stereocenters. The van der Waals surface area contributed by atoms with Gasteiger partial charge < -0.3 is 129 Å². The molecule has 0 spiro atoms. The first kappa shape index (κ1) is 46.0. The van der Waals surface area contributed by atoms with Gasteiger partial charge in [0.15, 0.2) is 25.2 Å². The number of hydrogen-bond donors (Lipinski definition) is 17. The summed E-state index contributed by atoms with van der Waals surface area (Å²) in [5, 5.41) is 177. The lowest BCUT2D eigenvalue weighted by atomic mass is 9.96. The Balaban J connectivity index is 1.47. The number of ether oxygens (including phenoxy) is 9. The molecule has 0 amide bonds. The maximum absolute atomic E-state index is 11.3. The molecule has 56 heavy (non-hydrogen) atoms. The average Bonchev–Trinajstić information content (AvgIpc) is 3.44. The minimum absolute atomic E-state index is 0.875. The molecule has 328 valence electrons. The largest absolute Gasteiger partial charge is 0.394 e. The lowest BCUT2D eigenvalue weighted by Crippen LogP contribution is -2.68. The third-order valence-corrected chi connectivity index (χ3v) is 10.4. The second-order valence-corrected chi connectivity index (χ2v) is 14.0. The molecule has 17 N–H and O–H groups in total. The monoisotopic (exact) mass is 828 g/mol. The molecule has 5 aliphatic heterocycles. The zero-order chi connectivity index (χ0) is 41.4. The molecule has 26 nitrogen and oxygen atoms in total.